The van der Waals surface area contributed by atoms with Crippen molar-refractivity contribution in [2.45, 2.75) is 43.2 Å². The van der Waals surface area contributed by atoms with Gasteiger partial charge in [0, 0.05) is 36.8 Å². The van der Waals surface area contributed by atoms with Gasteiger partial charge in [-0.15, -0.1) is 12.4 Å². The average molecular weight is 368 g/mol. The maximum Gasteiger partial charge on any atom is 0.245 e. The molecule has 2 fully saturated rings. The number of para-hydroxylation sites is 1. The summed E-state index contributed by atoms with van der Waals surface area (Å²) >= 11 is 0. The second kappa shape index (κ2) is 6.59. The lowest BCUT2D eigenvalue weighted by Crippen LogP contribution is -2.39. The fourth-order valence-electron chi connectivity index (χ4n) is 3.72. The molecule has 4 rings (SSSR count). The number of hydrogen-bond donors (Lipinski definition) is 1. The van der Waals surface area contributed by atoms with Crippen molar-refractivity contribution in [1.29, 1.82) is 0 Å². The zero-order valence-electron chi connectivity index (χ0n) is 13.6. The van der Waals surface area contributed by atoms with E-state index in [4.69, 9.17) is 0 Å². The summed E-state index contributed by atoms with van der Waals surface area (Å²) in [5, 5.41) is 4.40. The SMILES string of the molecule is Cc1cnc2c(S(=O)(=O)N3CCC4CCC(C3)N4)cccc2c1.Cl. The van der Waals surface area contributed by atoms with Gasteiger partial charge in [-0.2, -0.15) is 4.31 Å². The monoisotopic (exact) mass is 367 g/mol. The highest BCUT2D eigenvalue weighted by Crippen LogP contribution is 2.28. The number of nitrogens with zero attached hydrogens (tertiary/aromatic N) is 2. The Labute approximate surface area is 148 Å². The highest BCUT2D eigenvalue weighted by molar-refractivity contribution is 7.89. The molecule has 2 bridgehead atoms. The summed E-state index contributed by atoms with van der Waals surface area (Å²) in [6, 6.07) is 8.12. The molecule has 1 N–H and O–H groups in total. The van der Waals surface area contributed by atoms with E-state index in [2.05, 4.69) is 10.3 Å². The molecule has 2 aliphatic rings. The number of hydrogen-bond acceptors (Lipinski definition) is 4. The van der Waals surface area contributed by atoms with Gasteiger partial charge in [-0.1, -0.05) is 12.1 Å². The molecule has 1 aromatic heterocycles. The maximum atomic E-state index is 13.2. The number of pyridine rings is 1. The fraction of sp³-hybridized carbons (Fsp3) is 0.471. The summed E-state index contributed by atoms with van der Waals surface area (Å²) in [6.07, 6.45) is 4.83. The van der Waals surface area contributed by atoms with E-state index in [0.29, 0.717) is 29.5 Å². The lowest BCUT2D eigenvalue weighted by atomic mass is 10.1. The highest BCUT2D eigenvalue weighted by atomic mass is 35.5. The second-order valence-electron chi connectivity index (χ2n) is 6.63. The maximum absolute atomic E-state index is 13.2. The fourth-order valence-corrected chi connectivity index (χ4v) is 5.38. The predicted octanol–water partition coefficient (Wildman–Crippen LogP) is 2.48. The number of benzene rings is 1. The Morgan fingerprint density at radius 3 is 2.83 bits per heavy atom. The number of rotatable bonds is 2. The van der Waals surface area contributed by atoms with E-state index in [0.717, 1.165) is 30.2 Å². The molecule has 5 nitrogen and oxygen atoms in total. The number of halogens is 1. The Hall–Kier alpha value is -1.21. The van der Waals surface area contributed by atoms with Gasteiger partial charge < -0.3 is 5.32 Å². The molecule has 2 aliphatic heterocycles. The molecular formula is C17H22ClN3O2S. The van der Waals surface area contributed by atoms with Crippen LogP contribution >= 0.6 is 12.4 Å². The van der Waals surface area contributed by atoms with E-state index < -0.39 is 10.0 Å². The standard InChI is InChI=1S/C17H21N3O2S.ClH/c1-12-9-13-3-2-4-16(17(13)18-10-12)23(21,22)20-8-7-14-5-6-15(11-20)19-14;/h2-4,9-10,14-15,19H,5-8,11H2,1H3;1H. The van der Waals surface area contributed by atoms with Crippen LogP contribution in [-0.2, 0) is 10.0 Å². The number of nitrogens with one attached hydrogen (secondary N) is 1. The summed E-state index contributed by atoms with van der Waals surface area (Å²) in [5.74, 6) is 0. The summed E-state index contributed by atoms with van der Waals surface area (Å²) < 4.78 is 28.0. The molecule has 0 radical (unpaired) electrons. The summed E-state index contributed by atoms with van der Waals surface area (Å²) in [7, 11) is -3.52. The van der Waals surface area contributed by atoms with Crippen molar-refractivity contribution in [3.63, 3.8) is 0 Å². The van der Waals surface area contributed by atoms with Crippen LogP contribution in [0.1, 0.15) is 24.8 Å². The van der Waals surface area contributed by atoms with Crippen LogP contribution in [-0.4, -0.2) is 42.9 Å². The van der Waals surface area contributed by atoms with E-state index in [1.807, 2.05) is 19.1 Å². The number of sulfonamides is 1. The molecule has 2 atom stereocenters. The molecule has 0 saturated carbocycles. The Morgan fingerprint density at radius 2 is 2.00 bits per heavy atom. The molecule has 24 heavy (non-hydrogen) atoms. The Balaban J connectivity index is 0.00000169. The van der Waals surface area contributed by atoms with Gasteiger partial charge in [0.05, 0.1) is 5.52 Å². The van der Waals surface area contributed by atoms with Crippen LogP contribution in [0.5, 0.6) is 0 Å². The van der Waals surface area contributed by atoms with Gasteiger partial charge in [0.2, 0.25) is 10.0 Å². The van der Waals surface area contributed by atoms with Gasteiger partial charge in [-0.25, -0.2) is 8.42 Å². The van der Waals surface area contributed by atoms with Crippen molar-refractivity contribution in [1.82, 2.24) is 14.6 Å². The molecule has 3 heterocycles. The number of aryl methyl sites for hydroxylation is 1. The zero-order chi connectivity index (χ0) is 16.0. The predicted molar refractivity (Wildman–Crippen MR) is 97.0 cm³/mol. The molecule has 2 saturated heterocycles. The third-order valence-corrected chi connectivity index (χ3v) is 6.81. The van der Waals surface area contributed by atoms with E-state index in [1.165, 1.54) is 0 Å². The Bertz CT molecular complexity index is 856. The number of aromatic nitrogens is 1. The van der Waals surface area contributed by atoms with Gasteiger partial charge in [-0.05, 0) is 43.9 Å². The van der Waals surface area contributed by atoms with Gasteiger partial charge in [-0.3, -0.25) is 4.98 Å². The largest absolute Gasteiger partial charge is 0.310 e. The first kappa shape index (κ1) is 17.6. The minimum Gasteiger partial charge on any atom is -0.310 e. The third kappa shape index (κ3) is 3.04. The van der Waals surface area contributed by atoms with Crippen molar-refractivity contribution < 1.29 is 8.42 Å². The summed E-state index contributed by atoms with van der Waals surface area (Å²) in [5.41, 5.74) is 1.60. The lowest BCUT2D eigenvalue weighted by molar-refractivity contribution is 0.383. The van der Waals surface area contributed by atoms with Crippen LogP contribution in [0.4, 0.5) is 0 Å². The first-order chi connectivity index (χ1) is 11.0. The van der Waals surface area contributed by atoms with Crippen LogP contribution in [0, 0.1) is 6.92 Å². The Kier molecular flexibility index (Phi) is 4.84. The summed E-state index contributed by atoms with van der Waals surface area (Å²) in [4.78, 5) is 4.72. The molecule has 1 aromatic carbocycles. The van der Waals surface area contributed by atoms with Crippen molar-refractivity contribution in [3.05, 3.63) is 36.0 Å². The molecule has 2 aromatic rings. The van der Waals surface area contributed by atoms with Crippen LogP contribution in [0.25, 0.3) is 10.9 Å². The Morgan fingerprint density at radius 1 is 1.21 bits per heavy atom. The molecule has 2 unspecified atom stereocenters. The van der Waals surface area contributed by atoms with E-state index in [-0.39, 0.29) is 18.4 Å². The molecular weight excluding hydrogens is 346 g/mol. The van der Waals surface area contributed by atoms with Crippen molar-refractivity contribution in [2.24, 2.45) is 0 Å². The zero-order valence-corrected chi connectivity index (χ0v) is 15.2. The van der Waals surface area contributed by atoms with Crippen molar-refractivity contribution in [3.8, 4) is 0 Å². The molecule has 0 amide bonds. The second-order valence-corrected chi connectivity index (χ2v) is 8.54. The average Bonchev–Trinajstić information content (AvgIpc) is 2.84. The third-order valence-electron chi connectivity index (χ3n) is 4.91. The summed E-state index contributed by atoms with van der Waals surface area (Å²) in [6.45, 7) is 3.10. The minimum atomic E-state index is -3.52. The van der Waals surface area contributed by atoms with E-state index in [1.54, 1.807) is 22.6 Å². The van der Waals surface area contributed by atoms with E-state index >= 15 is 0 Å². The first-order valence-corrected chi connectivity index (χ1v) is 9.59. The smallest absolute Gasteiger partial charge is 0.245 e. The minimum absolute atomic E-state index is 0. The topological polar surface area (TPSA) is 62.3 Å². The van der Waals surface area contributed by atoms with Crippen LogP contribution < -0.4 is 5.32 Å². The van der Waals surface area contributed by atoms with Gasteiger partial charge >= 0.3 is 0 Å². The quantitative estimate of drug-likeness (QED) is 0.885. The van der Waals surface area contributed by atoms with E-state index in [9.17, 15) is 8.42 Å². The lowest BCUT2D eigenvalue weighted by Gasteiger charge is -2.24. The molecule has 0 spiro atoms. The molecule has 130 valence electrons. The van der Waals surface area contributed by atoms with Gasteiger partial charge in [0.25, 0.3) is 0 Å². The first-order valence-electron chi connectivity index (χ1n) is 8.15. The van der Waals surface area contributed by atoms with Gasteiger partial charge in [0.1, 0.15) is 4.90 Å². The normalized spacial score (nSPS) is 24.5. The van der Waals surface area contributed by atoms with Gasteiger partial charge in [0.15, 0.2) is 0 Å². The molecule has 0 aliphatic carbocycles. The van der Waals surface area contributed by atoms with Crippen LogP contribution in [0.2, 0.25) is 0 Å². The molecule has 7 heteroatoms. The highest BCUT2D eigenvalue weighted by Gasteiger charge is 2.35. The number of fused-ring (bicyclic) bond motifs is 3. The van der Waals surface area contributed by atoms with Crippen LogP contribution in [0.3, 0.4) is 0 Å². The van der Waals surface area contributed by atoms with Crippen LogP contribution in [0.15, 0.2) is 35.4 Å². The van der Waals surface area contributed by atoms with Crippen molar-refractivity contribution in [2.75, 3.05) is 13.1 Å². The van der Waals surface area contributed by atoms with Crippen molar-refractivity contribution >= 4 is 33.3 Å².